The van der Waals surface area contributed by atoms with Crippen LogP contribution in [0.15, 0.2) is 24.3 Å². The van der Waals surface area contributed by atoms with Crippen LogP contribution in [0.2, 0.25) is 5.02 Å². The maximum Gasteiger partial charge on any atom is 0.323 e. The first kappa shape index (κ1) is 13.8. The molecule has 0 aliphatic carbocycles. The van der Waals surface area contributed by atoms with Gasteiger partial charge in [-0.25, -0.2) is 0 Å². The average molecular weight is 258 g/mol. The number of rotatable bonds is 7. The molecule has 0 aliphatic rings. The summed E-state index contributed by atoms with van der Waals surface area (Å²) in [6.45, 7) is 0.684. The molecule has 0 spiro atoms. The Hall–Kier alpha value is -1.26. The van der Waals surface area contributed by atoms with Crippen molar-refractivity contribution in [3.8, 4) is 0 Å². The molecule has 0 aliphatic heterocycles. The van der Waals surface area contributed by atoms with Gasteiger partial charge in [0.15, 0.2) is 0 Å². The lowest BCUT2D eigenvalue weighted by molar-refractivity contribution is -0.135. The van der Waals surface area contributed by atoms with Gasteiger partial charge >= 0.3 is 5.97 Å². The van der Waals surface area contributed by atoms with E-state index in [2.05, 4.69) is 0 Å². The van der Waals surface area contributed by atoms with Crippen molar-refractivity contribution >= 4 is 23.3 Å². The van der Waals surface area contributed by atoms with Crippen LogP contribution in [0.25, 0.3) is 0 Å². The van der Waals surface area contributed by atoms with Gasteiger partial charge < -0.3 is 15.1 Å². The number of nitrogens with zero attached hydrogens (tertiary/aromatic N) is 1. The smallest absolute Gasteiger partial charge is 0.323 e. The van der Waals surface area contributed by atoms with Crippen molar-refractivity contribution in [1.29, 1.82) is 0 Å². The molecule has 0 saturated heterocycles. The molecule has 0 unspecified atom stereocenters. The second-order valence-corrected chi connectivity index (χ2v) is 4.16. The van der Waals surface area contributed by atoms with E-state index in [1.54, 1.807) is 29.2 Å². The predicted octanol–water partition coefficient (Wildman–Crippen LogP) is 2.00. The monoisotopic (exact) mass is 257 g/mol. The van der Waals surface area contributed by atoms with E-state index in [-0.39, 0.29) is 13.2 Å². The van der Waals surface area contributed by atoms with Crippen molar-refractivity contribution in [3.05, 3.63) is 29.3 Å². The highest BCUT2D eigenvalue weighted by Crippen LogP contribution is 2.18. The van der Waals surface area contributed by atoms with Gasteiger partial charge in [0.1, 0.15) is 6.54 Å². The summed E-state index contributed by atoms with van der Waals surface area (Å²) in [5, 5.41) is 18.2. The summed E-state index contributed by atoms with van der Waals surface area (Å²) < 4.78 is 0. The molecule has 1 aromatic carbocycles. The topological polar surface area (TPSA) is 60.8 Å². The van der Waals surface area contributed by atoms with Gasteiger partial charge in [-0.3, -0.25) is 4.79 Å². The molecule has 5 heteroatoms. The molecule has 94 valence electrons. The van der Waals surface area contributed by atoms with Crippen LogP contribution in [0.1, 0.15) is 12.8 Å². The van der Waals surface area contributed by atoms with Gasteiger partial charge in [-0.15, -0.1) is 0 Å². The quantitative estimate of drug-likeness (QED) is 0.734. The fraction of sp³-hybridized carbons (Fsp3) is 0.417. The predicted molar refractivity (Wildman–Crippen MR) is 67.6 cm³/mol. The van der Waals surface area contributed by atoms with Gasteiger partial charge in [0.05, 0.1) is 0 Å². The van der Waals surface area contributed by atoms with Crippen LogP contribution >= 0.6 is 11.6 Å². The molecule has 0 amide bonds. The van der Waals surface area contributed by atoms with E-state index >= 15 is 0 Å². The Morgan fingerprint density at radius 3 is 2.41 bits per heavy atom. The maximum atomic E-state index is 10.8. The normalized spacial score (nSPS) is 10.2. The zero-order valence-electron chi connectivity index (χ0n) is 9.47. The number of unbranched alkanes of at least 4 members (excludes halogenated alkanes) is 1. The van der Waals surface area contributed by atoms with Crippen molar-refractivity contribution in [2.75, 3.05) is 24.6 Å². The lowest BCUT2D eigenvalue weighted by atomic mass is 10.2. The van der Waals surface area contributed by atoms with E-state index in [1.807, 2.05) is 0 Å². The summed E-state index contributed by atoms with van der Waals surface area (Å²) in [7, 11) is 0. The number of halogens is 1. The fourth-order valence-electron chi connectivity index (χ4n) is 1.53. The number of carbonyl (C=O) groups is 1. The van der Waals surface area contributed by atoms with Crippen LogP contribution in [-0.4, -0.2) is 35.9 Å². The second kappa shape index (κ2) is 7.14. The Morgan fingerprint density at radius 2 is 1.88 bits per heavy atom. The summed E-state index contributed by atoms with van der Waals surface area (Å²) >= 11 is 5.78. The highest BCUT2D eigenvalue weighted by atomic mass is 35.5. The molecule has 2 N–H and O–H groups in total. The SMILES string of the molecule is O=C(O)CN(CCCCO)c1ccc(Cl)cc1. The highest BCUT2D eigenvalue weighted by molar-refractivity contribution is 6.30. The molecular formula is C12H16ClNO3. The van der Waals surface area contributed by atoms with E-state index in [4.69, 9.17) is 21.8 Å². The van der Waals surface area contributed by atoms with Crippen LogP contribution in [-0.2, 0) is 4.79 Å². The lowest BCUT2D eigenvalue weighted by Gasteiger charge is -2.22. The highest BCUT2D eigenvalue weighted by Gasteiger charge is 2.10. The number of carboxylic acids is 1. The maximum absolute atomic E-state index is 10.8. The van der Waals surface area contributed by atoms with E-state index < -0.39 is 5.97 Å². The molecule has 0 aromatic heterocycles. The number of benzene rings is 1. The van der Waals surface area contributed by atoms with Gasteiger partial charge in [0.25, 0.3) is 0 Å². The molecule has 1 aromatic rings. The largest absolute Gasteiger partial charge is 0.480 e. The third-order valence-electron chi connectivity index (χ3n) is 2.35. The third-order valence-corrected chi connectivity index (χ3v) is 2.61. The number of carboxylic acid groups (broad SMARTS) is 1. The first-order valence-electron chi connectivity index (χ1n) is 5.46. The summed E-state index contributed by atoms with van der Waals surface area (Å²) in [4.78, 5) is 12.5. The van der Waals surface area contributed by atoms with E-state index in [9.17, 15) is 4.79 Å². The standard InChI is InChI=1S/C12H16ClNO3/c13-10-3-5-11(6-4-10)14(9-12(16)17)7-1-2-8-15/h3-6,15H,1-2,7-9H2,(H,16,17). The first-order valence-corrected chi connectivity index (χ1v) is 5.84. The number of anilines is 1. The first-order chi connectivity index (χ1) is 8.13. The summed E-state index contributed by atoms with van der Waals surface area (Å²) in [6.07, 6.45) is 1.43. The Kier molecular flexibility index (Phi) is 5.80. The van der Waals surface area contributed by atoms with Crippen molar-refractivity contribution in [2.45, 2.75) is 12.8 Å². The van der Waals surface area contributed by atoms with Crippen LogP contribution in [0.3, 0.4) is 0 Å². The third kappa shape index (κ3) is 5.06. The van der Waals surface area contributed by atoms with Crippen molar-refractivity contribution in [1.82, 2.24) is 0 Å². The molecular weight excluding hydrogens is 242 g/mol. The van der Waals surface area contributed by atoms with Crippen LogP contribution in [0.5, 0.6) is 0 Å². The molecule has 17 heavy (non-hydrogen) atoms. The summed E-state index contributed by atoms with van der Waals surface area (Å²) in [5.41, 5.74) is 0.828. The molecule has 0 bridgehead atoms. The van der Waals surface area contributed by atoms with Gasteiger partial charge in [-0.05, 0) is 37.1 Å². The molecule has 0 fully saturated rings. The molecule has 0 heterocycles. The van der Waals surface area contributed by atoms with Gasteiger partial charge in [0.2, 0.25) is 0 Å². The van der Waals surface area contributed by atoms with E-state index in [1.165, 1.54) is 0 Å². The lowest BCUT2D eigenvalue weighted by Crippen LogP contribution is -2.30. The molecule has 4 nitrogen and oxygen atoms in total. The number of aliphatic hydroxyl groups is 1. The van der Waals surface area contributed by atoms with E-state index in [0.29, 0.717) is 18.0 Å². The van der Waals surface area contributed by atoms with Crippen LogP contribution < -0.4 is 4.90 Å². The molecule has 0 saturated carbocycles. The fourth-order valence-corrected chi connectivity index (χ4v) is 1.66. The van der Waals surface area contributed by atoms with Crippen LogP contribution in [0, 0.1) is 0 Å². The van der Waals surface area contributed by atoms with Gasteiger partial charge in [-0.1, -0.05) is 11.6 Å². The Bertz CT molecular complexity index is 353. The number of hydrogen-bond donors (Lipinski definition) is 2. The number of aliphatic hydroxyl groups excluding tert-OH is 1. The average Bonchev–Trinajstić information content (AvgIpc) is 2.28. The Balaban J connectivity index is 2.67. The van der Waals surface area contributed by atoms with Crippen molar-refractivity contribution in [2.24, 2.45) is 0 Å². The Labute approximate surface area is 105 Å². The molecule has 0 atom stereocenters. The number of aliphatic carboxylic acids is 1. The minimum atomic E-state index is -0.871. The molecule has 1 rings (SSSR count). The van der Waals surface area contributed by atoms with Crippen molar-refractivity contribution in [3.63, 3.8) is 0 Å². The summed E-state index contributed by atoms with van der Waals surface area (Å²) in [5.74, 6) is -0.871. The van der Waals surface area contributed by atoms with Gasteiger partial charge in [-0.2, -0.15) is 0 Å². The number of hydrogen-bond acceptors (Lipinski definition) is 3. The minimum Gasteiger partial charge on any atom is -0.480 e. The second-order valence-electron chi connectivity index (χ2n) is 3.72. The van der Waals surface area contributed by atoms with Crippen LogP contribution in [0.4, 0.5) is 5.69 Å². The minimum absolute atomic E-state index is 0.0486. The zero-order chi connectivity index (χ0) is 12.7. The van der Waals surface area contributed by atoms with Crippen molar-refractivity contribution < 1.29 is 15.0 Å². The van der Waals surface area contributed by atoms with Gasteiger partial charge in [0, 0.05) is 23.9 Å². The van der Waals surface area contributed by atoms with E-state index in [0.717, 1.165) is 12.1 Å². The Morgan fingerprint density at radius 1 is 1.24 bits per heavy atom. The summed E-state index contributed by atoms with van der Waals surface area (Å²) in [6, 6.07) is 7.06. The molecule has 0 radical (unpaired) electrons. The zero-order valence-corrected chi connectivity index (χ0v) is 10.2.